The molecule has 8 bridgehead atoms. The summed E-state index contributed by atoms with van der Waals surface area (Å²) in [5.74, 6) is 7.94. The van der Waals surface area contributed by atoms with E-state index in [1.807, 2.05) is 0 Å². The first-order valence-corrected chi connectivity index (χ1v) is 29.3. The first-order chi connectivity index (χ1) is 38.0. The van der Waals surface area contributed by atoms with E-state index >= 15 is 0 Å². The lowest BCUT2D eigenvalue weighted by Crippen LogP contribution is -2.51. The summed E-state index contributed by atoms with van der Waals surface area (Å²) in [4.78, 5) is 18.0. The lowest BCUT2D eigenvalue weighted by atomic mass is 9.49. The lowest BCUT2D eigenvalue weighted by molar-refractivity contribution is -0.0155. The molecule has 0 spiro atoms. The van der Waals surface area contributed by atoms with Crippen LogP contribution in [0.4, 0.5) is 0 Å². The van der Waals surface area contributed by atoms with Crippen molar-refractivity contribution in [2.24, 2.45) is 35.5 Å². The zero-order chi connectivity index (χ0) is 50.1. The summed E-state index contributed by atoms with van der Waals surface area (Å²) >= 11 is 0. The highest BCUT2D eigenvalue weighted by atomic mass is 15.1. The fraction of sp³-hybridized carbons (Fsp3) is 0.310. The quantitative estimate of drug-likeness (QED) is 0.160. The fourth-order valence-electron chi connectivity index (χ4n) is 18.9. The molecule has 77 heavy (non-hydrogen) atoms. The molecule has 4 heterocycles. The molecule has 0 radical (unpaired) electrons. The van der Waals surface area contributed by atoms with E-state index in [2.05, 4.69) is 196 Å². The second kappa shape index (κ2) is 16.0. The Morgan fingerprint density at radius 1 is 0.377 bits per heavy atom. The molecule has 2 atom stereocenters. The molecular formula is C71H62N6. The summed E-state index contributed by atoms with van der Waals surface area (Å²) < 4.78 is 7.61. The fourth-order valence-corrected chi connectivity index (χ4v) is 18.9. The number of fused-ring (bicyclic) bond motifs is 9. The van der Waals surface area contributed by atoms with Gasteiger partial charge in [-0.2, -0.15) is 0 Å². The minimum atomic E-state index is 0.0237. The Morgan fingerprint density at radius 3 is 1.32 bits per heavy atom. The van der Waals surface area contributed by atoms with Crippen molar-refractivity contribution >= 4 is 65.4 Å². The van der Waals surface area contributed by atoms with E-state index in [1.54, 1.807) is 0 Å². The summed E-state index contributed by atoms with van der Waals surface area (Å²) in [5.41, 5.74) is 12.1. The van der Waals surface area contributed by atoms with Crippen molar-refractivity contribution in [3.8, 4) is 22.8 Å². The maximum Gasteiger partial charge on any atom is 0.165 e. The van der Waals surface area contributed by atoms with Gasteiger partial charge in [-0.1, -0.05) is 121 Å². The van der Waals surface area contributed by atoms with E-state index < -0.39 is 0 Å². The van der Waals surface area contributed by atoms with E-state index in [9.17, 15) is 0 Å². The van der Waals surface area contributed by atoms with Crippen LogP contribution in [0.3, 0.4) is 0 Å². The SMILES string of the molecule is C1=CC(c2ccc(-n3c4ccccc4c4cc(-n5c6ccccc6c6ccccc65)ccc43)c(-c3nc(C45CC6CC(CC(C6)C4)C5)nc(C45CC6CC(CC(C6)C4)C5)n3)c2)C(n2c3ccccc3c3ccccc32)C=C1. The summed E-state index contributed by atoms with van der Waals surface area (Å²) in [5, 5.41) is 7.63. The molecule has 20 rings (SSSR count). The number of benzene rings is 7. The Kier molecular flexibility index (Phi) is 9.05. The summed E-state index contributed by atoms with van der Waals surface area (Å²) in [6, 6.07) is 59.4. The third kappa shape index (κ3) is 6.33. The molecule has 0 N–H and O–H groups in total. The maximum absolute atomic E-state index is 6.02. The number of rotatable bonds is 7. The Balaban J connectivity index is 0.886. The van der Waals surface area contributed by atoms with Crippen LogP contribution in [0.1, 0.15) is 106 Å². The molecule has 376 valence electrons. The van der Waals surface area contributed by atoms with Gasteiger partial charge in [-0.05, 0) is 179 Å². The van der Waals surface area contributed by atoms with E-state index in [4.69, 9.17) is 15.0 Å². The highest BCUT2D eigenvalue weighted by Gasteiger charge is 2.56. The third-order valence-electron chi connectivity index (χ3n) is 21.1. The van der Waals surface area contributed by atoms with Gasteiger partial charge >= 0.3 is 0 Å². The minimum absolute atomic E-state index is 0.0237. The molecular weight excluding hydrogens is 937 g/mol. The highest BCUT2D eigenvalue weighted by molar-refractivity contribution is 6.13. The van der Waals surface area contributed by atoms with Gasteiger partial charge < -0.3 is 13.7 Å². The van der Waals surface area contributed by atoms with Gasteiger partial charge in [0, 0.05) is 71.3 Å². The molecule has 0 saturated heterocycles. The molecule has 4 aromatic heterocycles. The highest BCUT2D eigenvalue weighted by Crippen LogP contribution is 2.63. The van der Waals surface area contributed by atoms with E-state index in [0.717, 1.165) is 64.2 Å². The average Bonchev–Trinajstić information content (AvgIpc) is 4.14. The number of hydrogen-bond acceptors (Lipinski definition) is 3. The third-order valence-corrected chi connectivity index (χ3v) is 21.1. The van der Waals surface area contributed by atoms with Crippen LogP contribution in [-0.2, 0) is 10.8 Å². The smallest absolute Gasteiger partial charge is 0.165 e. The molecule has 8 fully saturated rings. The van der Waals surface area contributed by atoms with Gasteiger partial charge in [0.15, 0.2) is 5.82 Å². The zero-order valence-electron chi connectivity index (χ0n) is 43.6. The van der Waals surface area contributed by atoms with Crippen LogP contribution in [-0.4, -0.2) is 28.7 Å². The standard InChI is InChI=1S/C71H62N6/c1-7-19-59(76-62-22-10-4-16-54(62)55-17-5-11-23-63(55)76)51(13-1)49-25-27-66(77-64-24-12-6-18-56(64)57-36-50(26-28-65(57)77)75-60-20-8-2-14-52(60)53-15-3-9-21-61(53)75)58(35-49)67-72-68(70-37-43-29-44(38-70)31-45(30-43)39-70)74-69(73-67)71-40-46-32-47(41-71)34-48(33-46)42-71/h1-28,35-36,43-48,51,59H,29-34,37-42H2. The molecule has 0 aliphatic heterocycles. The predicted octanol–water partition coefficient (Wildman–Crippen LogP) is 17.2. The number of para-hydroxylation sites is 5. The van der Waals surface area contributed by atoms with Gasteiger partial charge in [-0.25, -0.2) is 15.0 Å². The summed E-state index contributed by atoms with van der Waals surface area (Å²) in [6.07, 6.45) is 25.2. The molecule has 11 aromatic rings. The monoisotopic (exact) mass is 999 g/mol. The van der Waals surface area contributed by atoms with Gasteiger partial charge in [-0.15, -0.1) is 0 Å². The normalized spacial score (nSPS) is 28.9. The van der Waals surface area contributed by atoms with Crippen LogP contribution in [0.25, 0.3) is 88.2 Å². The first-order valence-electron chi connectivity index (χ1n) is 29.3. The van der Waals surface area contributed by atoms with Crippen molar-refractivity contribution in [3.63, 3.8) is 0 Å². The second-order valence-corrected chi connectivity index (χ2v) is 25.6. The molecule has 9 aliphatic rings. The Bertz CT molecular complexity index is 4110. The van der Waals surface area contributed by atoms with Crippen LogP contribution in [0, 0.1) is 35.5 Å². The molecule has 0 amide bonds. The summed E-state index contributed by atoms with van der Waals surface area (Å²) in [6.45, 7) is 0. The Morgan fingerprint density at radius 2 is 0.805 bits per heavy atom. The van der Waals surface area contributed by atoms with Gasteiger partial charge in [0.2, 0.25) is 0 Å². The second-order valence-electron chi connectivity index (χ2n) is 25.6. The first kappa shape index (κ1) is 43.5. The van der Waals surface area contributed by atoms with E-state index in [1.165, 1.54) is 154 Å². The van der Waals surface area contributed by atoms with Crippen LogP contribution in [0.5, 0.6) is 0 Å². The number of aromatic nitrogens is 6. The van der Waals surface area contributed by atoms with Crippen LogP contribution in [0.15, 0.2) is 182 Å². The van der Waals surface area contributed by atoms with Crippen molar-refractivity contribution in [2.75, 3.05) is 0 Å². The number of hydrogen-bond donors (Lipinski definition) is 0. The molecule has 6 heteroatoms. The van der Waals surface area contributed by atoms with Gasteiger partial charge in [0.25, 0.3) is 0 Å². The van der Waals surface area contributed by atoms with Gasteiger partial charge in [0.05, 0.1) is 33.8 Å². The van der Waals surface area contributed by atoms with Gasteiger partial charge in [-0.3, -0.25) is 0 Å². The van der Waals surface area contributed by atoms with Crippen LogP contribution >= 0.6 is 0 Å². The molecule has 2 unspecified atom stereocenters. The molecule has 7 aromatic carbocycles. The summed E-state index contributed by atoms with van der Waals surface area (Å²) in [7, 11) is 0. The van der Waals surface area contributed by atoms with Crippen molar-refractivity contribution in [3.05, 3.63) is 199 Å². The zero-order valence-corrected chi connectivity index (χ0v) is 43.6. The largest absolute Gasteiger partial charge is 0.332 e. The minimum Gasteiger partial charge on any atom is -0.332 e. The number of allylic oxidation sites excluding steroid dienone is 4. The number of nitrogens with zero attached hydrogens (tertiary/aromatic N) is 6. The van der Waals surface area contributed by atoms with Crippen molar-refractivity contribution in [2.45, 2.75) is 99.8 Å². The van der Waals surface area contributed by atoms with Gasteiger partial charge in [0.1, 0.15) is 11.6 Å². The molecule has 9 aliphatic carbocycles. The average molecular weight is 999 g/mol. The maximum atomic E-state index is 6.02. The Hall–Kier alpha value is -7.57. The lowest BCUT2D eigenvalue weighted by Gasteiger charge is -2.57. The van der Waals surface area contributed by atoms with Crippen molar-refractivity contribution in [1.82, 2.24) is 28.7 Å². The topological polar surface area (TPSA) is 53.5 Å². The van der Waals surface area contributed by atoms with Crippen LogP contribution in [0.2, 0.25) is 0 Å². The molecule has 6 nitrogen and oxygen atoms in total. The van der Waals surface area contributed by atoms with E-state index in [-0.39, 0.29) is 22.8 Å². The predicted molar refractivity (Wildman–Crippen MR) is 313 cm³/mol. The van der Waals surface area contributed by atoms with Crippen molar-refractivity contribution in [1.29, 1.82) is 0 Å². The van der Waals surface area contributed by atoms with E-state index in [0.29, 0.717) is 0 Å². The molecule has 8 saturated carbocycles. The Labute approximate surface area is 449 Å². The van der Waals surface area contributed by atoms with Crippen molar-refractivity contribution < 1.29 is 0 Å². The van der Waals surface area contributed by atoms with Crippen LogP contribution < -0.4 is 0 Å².